The van der Waals surface area contributed by atoms with Gasteiger partial charge in [0.1, 0.15) is 0 Å². The average Bonchev–Trinajstić information content (AvgIpc) is 2.48. The van der Waals surface area contributed by atoms with Crippen molar-refractivity contribution in [3.63, 3.8) is 0 Å². The van der Waals surface area contributed by atoms with Crippen LogP contribution >= 0.6 is 12.4 Å². The van der Waals surface area contributed by atoms with E-state index in [1.807, 2.05) is 0 Å². The highest BCUT2D eigenvalue weighted by atomic mass is 35.5. The van der Waals surface area contributed by atoms with Gasteiger partial charge in [-0.3, -0.25) is 4.79 Å². The van der Waals surface area contributed by atoms with Gasteiger partial charge in [-0.2, -0.15) is 0 Å². The maximum atomic E-state index is 12.2. The zero-order valence-electron chi connectivity index (χ0n) is 13.6. The summed E-state index contributed by atoms with van der Waals surface area (Å²) in [5, 5.41) is 3.06. The highest BCUT2D eigenvalue weighted by molar-refractivity contribution is 5.85. The third-order valence-corrected chi connectivity index (χ3v) is 4.70. The van der Waals surface area contributed by atoms with Crippen LogP contribution in [-0.4, -0.2) is 19.0 Å². The normalized spacial score (nSPS) is 16.6. The fourth-order valence-electron chi connectivity index (χ4n) is 3.37. The van der Waals surface area contributed by atoms with Crippen LogP contribution in [0.5, 0.6) is 0 Å². The first kappa shape index (κ1) is 19.0. The van der Waals surface area contributed by atoms with Gasteiger partial charge >= 0.3 is 0 Å². The minimum atomic E-state index is 0. The molecule has 1 aliphatic rings. The van der Waals surface area contributed by atoms with Crippen LogP contribution in [0.25, 0.3) is 0 Å². The maximum absolute atomic E-state index is 12.2. The molecule has 0 aromatic heterocycles. The number of rotatable bonds is 6. The van der Waals surface area contributed by atoms with E-state index >= 15 is 0 Å². The number of amides is 1. The third-order valence-electron chi connectivity index (χ3n) is 4.70. The standard InChI is InChI=1S/C18H28N2O.ClH/c1-15-6-5-7-16(12-15)8-11-20-17(21)13-18(14-19)9-3-2-4-10-18;/h5-7,12H,2-4,8-11,13-14,19H2,1H3,(H,20,21);1H. The summed E-state index contributed by atoms with van der Waals surface area (Å²) in [5.74, 6) is 0.162. The minimum Gasteiger partial charge on any atom is -0.356 e. The van der Waals surface area contributed by atoms with E-state index in [2.05, 4.69) is 36.5 Å². The smallest absolute Gasteiger partial charge is 0.220 e. The van der Waals surface area contributed by atoms with Gasteiger partial charge in [-0.1, -0.05) is 49.1 Å². The van der Waals surface area contributed by atoms with E-state index in [0.717, 1.165) is 19.3 Å². The number of carbonyl (C=O) groups excluding carboxylic acids is 1. The van der Waals surface area contributed by atoms with Crippen molar-refractivity contribution < 1.29 is 4.79 Å². The zero-order valence-corrected chi connectivity index (χ0v) is 14.4. The molecule has 0 atom stereocenters. The molecule has 1 fully saturated rings. The predicted molar refractivity (Wildman–Crippen MR) is 94.3 cm³/mol. The molecule has 2 rings (SSSR count). The number of nitrogens with one attached hydrogen (secondary N) is 1. The van der Waals surface area contributed by atoms with Gasteiger partial charge < -0.3 is 11.1 Å². The summed E-state index contributed by atoms with van der Waals surface area (Å²) in [4.78, 5) is 12.2. The van der Waals surface area contributed by atoms with Gasteiger partial charge in [0.05, 0.1) is 0 Å². The lowest BCUT2D eigenvalue weighted by Gasteiger charge is -2.35. The second-order valence-corrected chi connectivity index (χ2v) is 6.53. The molecule has 3 nitrogen and oxygen atoms in total. The molecule has 1 aromatic rings. The highest BCUT2D eigenvalue weighted by Gasteiger charge is 2.32. The molecule has 22 heavy (non-hydrogen) atoms. The molecular formula is C18H29ClN2O. The number of hydrogen-bond acceptors (Lipinski definition) is 2. The monoisotopic (exact) mass is 324 g/mol. The predicted octanol–water partition coefficient (Wildman–Crippen LogP) is 3.37. The van der Waals surface area contributed by atoms with Gasteiger partial charge in [0, 0.05) is 13.0 Å². The fourth-order valence-corrected chi connectivity index (χ4v) is 3.37. The number of aryl methyl sites for hydroxylation is 1. The minimum absolute atomic E-state index is 0. The van der Waals surface area contributed by atoms with Crippen molar-refractivity contribution in [3.8, 4) is 0 Å². The molecule has 0 radical (unpaired) electrons. The van der Waals surface area contributed by atoms with Crippen LogP contribution in [0.15, 0.2) is 24.3 Å². The lowest BCUT2D eigenvalue weighted by atomic mass is 9.71. The van der Waals surface area contributed by atoms with Gasteiger partial charge in [-0.05, 0) is 43.7 Å². The fraction of sp³-hybridized carbons (Fsp3) is 0.611. The maximum Gasteiger partial charge on any atom is 0.220 e. The third kappa shape index (κ3) is 5.62. The molecule has 1 saturated carbocycles. The molecule has 0 spiro atoms. The van der Waals surface area contributed by atoms with Gasteiger partial charge in [0.15, 0.2) is 0 Å². The molecule has 0 bridgehead atoms. The van der Waals surface area contributed by atoms with E-state index in [4.69, 9.17) is 5.73 Å². The summed E-state index contributed by atoms with van der Waals surface area (Å²) < 4.78 is 0. The zero-order chi connectivity index (χ0) is 15.1. The Morgan fingerprint density at radius 3 is 2.64 bits per heavy atom. The molecule has 124 valence electrons. The van der Waals surface area contributed by atoms with Crippen LogP contribution in [0.1, 0.15) is 49.7 Å². The molecule has 1 aliphatic carbocycles. The van der Waals surface area contributed by atoms with Crippen LogP contribution in [0.2, 0.25) is 0 Å². The summed E-state index contributed by atoms with van der Waals surface area (Å²) in [6.45, 7) is 3.44. The lowest BCUT2D eigenvalue weighted by molar-refractivity contribution is -0.123. The highest BCUT2D eigenvalue weighted by Crippen LogP contribution is 2.38. The van der Waals surface area contributed by atoms with Crippen LogP contribution in [0, 0.1) is 12.3 Å². The van der Waals surface area contributed by atoms with E-state index in [1.165, 1.54) is 30.4 Å². The van der Waals surface area contributed by atoms with Crippen LogP contribution in [0.4, 0.5) is 0 Å². The first-order valence-electron chi connectivity index (χ1n) is 8.16. The van der Waals surface area contributed by atoms with Gasteiger partial charge in [-0.15, -0.1) is 12.4 Å². The number of hydrogen-bond donors (Lipinski definition) is 2. The molecule has 1 amide bonds. The number of nitrogens with two attached hydrogens (primary N) is 1. The van der Waals surface area contributed by atoms with Crippen molar-refractivity contribution >= 4 is 18.3 Å². The number of halogens is 1. The number of carbonyl (C=O) groups is 1. The van der Waals surface area contributed by atoms with E-state index in [9.17, 15) is 4.79 Å². The van der Waals surface area contributed by atoms with Gasteiger partial charge in [-0.25, -0.2) is 0 Å². The van der Waals surface area contributed by atoms with E-state index in [0.29, 0.717) is 19.5 Å². The summed E-state index contributed by atoms with van der Waals surface area (Å²) in [6.07, 6.45) is 7.42. The Bertz CT molecular complexity index is 470. The molecule has 0 saturated heterocycles. The van der Waals surface area contributed by atoms with E-state index in [1.54, 1.807) is 0 Å². The van der Waals surface area contributed by atoms with Crippen LogP contribution in [-0.2, 0) is 11.2 Å². The topological polar surface area (TPSA) is 55.1 Å². The first-order chi connectivity index (χ1) is 10.1. The van der Waals surface area contributed by atoms with E-state index < -0.39 is 0 Å². The van der Waals surface area contributed by atoms with Gasteiger partial charge in [0.25, 0.3) is 0 Å². The Hall–Kier alpha value is -1.06. The van der Waals surface area contributed by atoms with Crippen molar-refractivity contribution in [1.29, 1.82) is 0 Å². The lowest BCUT2D eigenvalue weighted by Crippen LogP contribution is -2.39. The Morgan fingerprint density at radius 1 is 1.27 bits per heavy atom. The summed E-state index contributed by atoms with van der Waals surface area (Å²) in [6, 6.07) is 8.45. The quantitative estimate of drug-likeness (QED) is 0.843. The van der Waals surface area contributed by atoms with E-state index in [-0.39, 0.29) is 23.7 Å². The van der Waals surface area contributed by atoms with Crippen LogP contribution in [0.3, 0.4) is 0 Å². The molecule has 0 heterocycles. The van der Waals surface area contributed by atoms with Crippen molar-refractivity contribution in [1.82, 2.24) is 5.32 Å². The summed E-state index contributed by atoms with van der Waals surface area (Å²) >= 11 is 0. The van der Waals surface area contributed by atoms with Crippen molar-refractivity contribution in [2.24, 2.45) is 11.1 Å². The molecular weight excluding hydrogens is 296 g/mol. The first-order valence-corrected chi connectivity index (χ1v) is 8.16. The molecule has 0 unspecified atom stereocenters. The van der Waals surface area contributed by atoms with Crippen molar-refractivity contribution in [2.45, 2.75) is 51.9 Å². The Morgan fingerprint density at radius 2 is 2.00 bits per heavy atom. The number of benzene rings is 1. The SMILES string of the molecule is Cc1cccc(CCNC(=O)CC2(CN)CCCCC2)c1.Cl. The summed E-state index contributed by atoms with van der Waals surface area (Å²) in [5.41, 5.74) is 8.55. The Labute approximate surface area is 140 Å². The second-order valence-electron chi connectivity index (χ2n) is 6.53. The Kier molecular flexibility index (Phi) is 7.91. The molecule has 3 N–H and O–H groups in total. The Balaban J connectivity index is 0.00000242. The van der Waals surface area contributed by atoms with Crippen molar-refractivity contribution in [3.05, 3.63) is 35.4 Å². The van der Waals surface area contributed by atoms with Gasteiger partial charge in [0.2, 0.25) is 5.91 Å². The average molecular weight is 325 g/mol. The summed E-state index contributed by atoms with van der Waals surface area (Å²) in [7, 11) is 0. The van der Waals surface area contributed by atoms with Crippen LogP contribution < -0.4 is 11.1 Å². The molecule has 1 aromatic carbocycles. The van der Waals surface area contributed by atoms with Crippen molar-refractivity contribution in [2.75, 3.05) is 13.1 Å². The molecule has 4 heteroatoms. The largest absolute Gasteiger partial charge is 0.356 e. The second kappa shape index (κ2) is 9.16. The molecule has 0 aliphatic heterocycles.